The SMILES string of the molecule is CN(Cc1cc(Nc2nc3cccnc3s2)nc(N[C@H]2CC[C@H](O)CC2)n1)C1CCS(=O)(=O)C1. The number of hydrogen-bond donors (Lipinski definition) is 3. The quantitative estimate of drug-likeness (QED) is 0.442. The second-order valence-electron chi connectivity index (χ2n) is 9.16. The summed E-state index contributed by atoms with van der Waals surface area (Å²) in [6.45, 7) is 0.511. The van der Waals surface area contributed by atoms with Crippen LogP contribution in [0.2, 0.25) is 0 Å². The average Bonchev–Trinajstić information content (AvgIpc) is 3.37. The van der Waals surface area contributed by atoms with Gasteiger partial charge in [-0.05, 0) is 51.3 Å². The molecule has 3 N–H and O–H groups in total. The van der Waals surface area contributed by atoms with Gasteiger partial charge in [0.05, 0.1) is 23.3 Å². The number of aliphatic hydroxyl groups excluding tert-OH is 1. The Kier molecular flexibility index (Phi) is 6.65. The molecule has 182 valence electrons. The van der Waals surface area contributed by atoms with Gasteiger partial charge in [0, 0.05) is 30.9 Å². The van der Waals surface area contributed by atoms with E-state index in [0.29, 0.717) is 29.9 Å². The molecule has 0 amide bonds. The molecule has 10 nitrogen and oxygen atoms in total. The molecule has 1 saturated carbocycles. The van der Waals surface area contributed by atoms with E-state index in [1.54, 1.807) is 6.20 Å². The van der Waals surface area contributed by atoms with Crippen molar-refractivity contribution in [3.63, 3.8) is 0 Å². The summed E-state index contributed by atoms with van der Waals surface area (Å²) in [4.78, 5) is 21.3. The Morgan fingerprint density at radius 2 is 2.00 bits per heavy atom. The molecule has 1 atom stereocenters. The number of rotatable bonds is 7. The monoisotopic (exact) mass is 503 g/mol. The van der Waals surface area contributed by atoms with Gasteiger partial charge in [-0.15, -0.1) is 0 Å². The maximum absolute atomic E-state index is 11.9. The number of hydrogen-bond acceptors (Lipinski definition) is 11. The largest absolute Gasteiger partial charge is 0.393 e. The third-order valence-corrected chi connectivity index (χ3v) is 9.10. The lowest BCUT2D eigenvalue weighted by Gasteiger charge is -2.27. The molecule has 5 rings (SSSR count). The molecule has 0 radical (unpaired) electrons. The number of fused-ring (bicyclic) bond motifs is 1. The number of pyridine rings is 1. The standard InChI is InChI=1S/C22H29N7O3S2/c1-29(16-8-10-34(31,32)13-16)12-15-11-19(28-22-26-18-3-2-9-23-20(18)33-22)27-21(25-15)24-14-4-6-17(30)7-5-14/h2-3,9,11,14,16-17,30H,4-8,10,12-13H2,1H3,(H2,24,25,26,27,28)/t14-,16?,17-. The Hall–Kier alpha value is -2.41. The van der Waals surface area contributed by atoms with Gasteiger partial charge in [-0.2, -0.15) is 4.98 Å². The first-order valence-corrected chi connectivity index (χ1v) is 14.2. The molecule has 12 heteroatoms. The minimum atomic E-state index is -2.96. The van der Waals surface area contributed by atoms with E-state index in [9.17, 15) is 13.5 Å². The number of aromatic nitrogens is 4. The van der Waals surface area contributed by atoms with E-state index in [1.807, 2.05) is 25.2 Å². The van der Waals surface area contributed by atoms with Crippen LogP contribution >= 0.6 is 11.3 Å². The lowest BCUT2D eigenvalue weighted by molar-refractivity contribution is 0.126. The predicted octanol–water partition coefficient (Wildman–Crippen LogP) is 2.56. The fourth-order valence-electron chi connectivity index (χ4n) is 4.55. The lowest BCUT2D eigenvalue weighted by Crippen LogP contribution is -2.33. The molecule has 34 heavy (non-hydrogen) atoms. The zero-order chi connectivity index (χ0) is 23.7. The van der Waals surface area contributed by atoms with Gasteiger partial charge in [0.2, 0.25) is 5.95 Å². The van der Waals surface area contributed by atoms with Crippen molar-refractivity contribution < 1.29 is 13.5 Å². The lowest BCUT2D eigenvalue weighted by atomic mass is 9.93. The van der Waals surface area contributed by atoms with Crippen molar-refractivity contribution in [2.75, 3.05) is 29.2 Å². The van der Waals surface area contributed by atoms with Gasteiger partial charge >= 0.3 is 0 Å². The summed E-state index contributed by atoms with van der Waals surface area (Å²) in [7, 11) is -1.02. The van der Waals surface area contributed by atoms with E-state index in [4.69, 9.17) is 4.98 Å². The van der Waals surface area contributed by atoms with Crippen LogP contribution in [0.1, 0.15) is 37.8 Å². The van der Waals surface area contributed by atoms with E-state index in [1.165, 1.54) is 11.3 Å². The molecule has 3 aromatic heterocycles. The number of anilines is 3. The van der Waals surface area contributed by atoms with Crippen molar-refractivity contribution in [3.8, 4) is 0 Å². The number of sulfone groups is 1. The minimum Gasteiger partial charge on any atom is -0.393 e. The Morgan fingerprint density at radius 3 is 2.74 bits per heavy atom. The first-order valence-electron chi connectivity index (χ1n) is 11.5. The third-order valence-electron chi connectivity index (χ3n) is 6.45. The molecule has 1 aliphatic heterocycles. The molecule has 3 aromatic rings. The number of nitrogens with one attached hydrogen (secondary N) is 2. The molecule has 1 saturated heterocycles. The fraction of sp³-hybridized carbons (Fsp3) is 0.545. The molecule has 4 heterocycles. The zero-order valence-corrected chi connectivity index (χ0v) is 20.6. The zero-order valence-electron chi connectivity index (χ0n) is 19.0. The molecular formula is C22H29N7O3S2. The normalized spacial score (nSPS) is 24.5. The molecule has 0 bridgehead atoms. The van der Waals surface area contributed by atoms with Gasteiger partial charge in [0.15, 0.2) is 15.0 Å². The summed E-state index contributed by atoms with van der Waals surface area (Å²) in [5, 5.41) is 17.2. The molecule has 0 spiro atoms. The van der Waals surface area contributed by atoms with Crippen molar-refractivity contribution in [2.24, 2.45) is 0 Å². The summed E-state index contributed by atoms with van der Waals surface area (Å²) >= 11 is 1.45. The minimum absolute atomic E-state index is 0.0112. The fourth-order valence-corrected chi connectivity index (χ4v) is 7.17. The Bertz CT molecular complexity index is 1230. The van der Waals surface area contributed by atoms with Crippen LogP contribution in [0.5, 0.6) is 0 Å². The van der Waals surface area contributed by atoms with E-state index in [2.05, 4.69) is 30.5 Å². The van der Waals surface area contributed by atoms with Crippen molar-refractivity contribution in [3.05, 3.63) is 30.1 Å². The highest BCUT2D eigenvalue weighted by molar-refractivity contribution is 7.91. The maximum Gasteiger partial charge on any atom is 0.225 e. The third kappa shape index (κ3) is 5.62. The predicted molar refractivity (Wildman–Crippen MR) is 133 cm³/mol. The average molecular weight is 504 g/mol. The van der Waals surface area contributed by atoms with Gasteiger partial charge < -0.3 is 15.7 Å². The Morgan fingerprint density at radius 1 is 1.18 bits per heavy atom. The van der Waals surface area contributed by atoms with E-state index < -0.39 is 9.84 Å². The molecular weight excluding hydrogens is 474 g/mol. The first-order chi connectivity index (χ1) is 16.3. The molecule has 2 aliphatic rings. The molecule has 1 aliphatic carbocycles. The van der Waals surface area contributed by atoms with E-state index >= 15 is 0 Å². The second-order valence-corrected chi connectivity index (χ2v) is 12.4. The van der Waals surface area contributed by atoms with Crippen LogP contribution < -0.4 is 10.6 Å². The van der Waals surface area contributed by atoms with Crippen LogP contribution in [0.4, 0.5) is 16.9 Å². The smallest absolute Gasteiger partial charge is 0.225 e. The highest BCUT2D eigenvalue weighted by atomic mass is 32.2. The second kappa shape index (κ2) is 9.68. The van der Waals surface area contributed by atoms with Crippen molar-refractivity contribution >= 4 is 48.4 Å². The molecule has 2 fully saturated rings. The topological polar surface area (TPSA) is 133 Å². The maximum atomic E-state index is 11.9. The van der Waals surface area contributed by atoms with Crippen LogP contribution in [-0.4, -0.2) is 75.1 Å². The number of nitrogens with zero attached hydrogens (tertiary/aromatic N) is 5. The van der Waals surface area contributed by atoms with E-state index in [0.717, 1.165) is 41.7 Å². The highest BCUT2D eigenvalue weighted by Gasteiger charge is 2.31. The molecule has 1 unspecified atom stereocenters. The van der Waals surface area contributed by atoms with Gasteiger partial charge in [0.25, 0.3) is 0 Å². The highest BCUT2D eigenvalue weighted by Crippen LogP contribution is 2.28. The summed E-state index contributed by atoms with van der Waals surface area (Å²) < 4.78 is 23.9. The summed E-state index contributed by atoms with van der Waals surface area (Å²) in [6.07, 6.45) is 5.41. The van der Waals surface area contributed by atoms with Gasteiger partial charge in [-0.25, -0.2) is 23.4 Å². The first kappa shape index (κ1) is 23.3. The number of aliphatic hydroxyl groups is 1. The Balaban J connectivity index is 1.37. The van der Waals surface area contributed by atoms with Crippen LogP contribution in [-0.2, 0) is 16.4 Å². The van der Waals surface area contributed by atoms with Gasteiger partial charge in [0.1, 0.15) is 16.2 Å². The van der Waals surface area contributed by atoms with Crippen LogP contribution in [0.15, 0.2) is 24.4 Å². The summed E-state index contributed by atoms with van der Waals surface area (Å²) in [5.74, 6) is 1.57. The van der Waals surface area contributed by atoms with Crippen molar-refractivity contribution in [2.45, 2.75) is 56.8 Å². The van der Waals surface area contributed by atoms with Crippen molar-refractivity contribution in [1.82, 2.24) is 24.8 Å². The summed E-state index contributed by atoms with van der Waals surface area (Å²) in [6, 6.07) is 5.86. The number of thiazole rings is 1. The van der Waals surface area contributed by atoms with E-state index in [-0.39, 0.29) is 29.7 Å². The summed E-state index contributed by atoms with van der Waals surface area (Å²) in [5.41, 5.74) is 1.62. The Labute approximate surface area is 202 Å². The van der Waals surface area contributed by atoms with Crippen LogP contribution in [0.3, 0.4) is 0 Å². The van der Waals surface area contributed by atoms with Crippen LogP contribution in [0, 0.1) is 0 Å². The van der Waals surface area contributed by atoms with Crippen molar-refractivity contribution in [1.29, 1.82) is 0 Å². The van der Waals surface area contributed by atoms with Gasteiger partial charge in [-0.1, -0.05) is 11.3 Å². The van der Waals surface area contributed by atoms with Crippen LogP contribution in [0.25, 0.3) is 10.3 Å². The molecule has 0 aromatic carbocycles. The van der Waals surface area contributed by atoms with Gasteiger partial charge in [-0.3, -0.25) is 4.90 Å².